The van der Waals surface area contributed by atoms with Gasteiger partial charge in [0.15, 0.2) is 6.39 Å². The Kier molecular flexibility index (Phi) is 3.09. The number of ether oxygens (including phenoxy) is 1. The number of oxazole rings is 1. The van der Waals surface area contributed by atoms with Gasteiger partial charge in [-0.25, -0.2) is 9.78 Å². The van der Waals surface area contributed by atoms with Crippen molar-refractivity contribution in [2.24, 2.45) is 0 Å². The van der Waals surface area contributed by atoms with E-state index in [1.165, 1.54) is 18.5 Å². The summed E-state index contributed by atoms with van der Waals surface area (Å²) < 4.78 is 10.5. The molecule has 1 N–H and O–H groups in total. The molecule has 0 unspecified atom stereocenters. The van der Waals surface area contributed by atoms with E-state index in [1.54, 1.807) is 19.1 Å². The number of benzene rings is 1. The zero-order valence-electron chi connectivity index (χ0n) is 9.21. The van der Waals surface area contributed by atoms with Crippen molar-refractivity contribution >= 4 is 5.97 Å². The van der Waals surface area contributed by atoms with Crippen molar-refractivity contribution in [1.29, 1.82) is 0 Å². The fourth-order valence-corrected chi connectivity index (χ4v) is 1.34. The summed E-state index contributed by atoms with van der Waals surface area (Å²) in [6.07, 6.45) is 1.35. The fourth-order valence-electron chi connectivity index (χ4n) is 1.34. The molecule has 0 saturated carbocycles. The predicted molar refractivity (Wildman–Crippen MR) is 59.0 cm³/mol. The molecule has 0 radical (unpaired) electrons. The molecule has 1 aromatic heterocycles. The Morgan fingerprint density at radius 3 is 3.00 bits per heavy atom. The van der Waals surface area contributed by atoms with Crippen LogP contribution in [0.1, 0.15) is 21.8 Å². The maximum absolute atomic E-state index is 10.8. The lowest BCUT2D eigenvalue weighted by Gasteiger charge is -2.05. The zero-order chi connectivity index (χ0) is 12.3. The Morgan fingerprint density at radius 2 is 2.35 bits per heavy atom. The third-order valence-corrected chi connectivity index (χ3v) is 2.30. The molecule has 1 aromatic carbocycles. The molecule has 0 atom stereocenters. The van der Waals surface area contributed by atoms with E-state index >= 15 is 0 Å². The summed E-state index contributed by atoms with van der Waals surface area (Å²) in [5.41, 5.74) is 0.894. The second-order valence-corrected chi connectivity index (χ2v) is 3.48. The van der Waals surface area contributed by atoms with Crippen LogP contribution in [0.5, 0.6) is 5.75 Å². The van der Waals surface area contributed by atoms with Gasteiger partial charge in [0.1, 0.15) is 23.8 Å². The first-order valence-corrected chi connectivity index (χ1v) is 5.02. The highest BCUT2D eigenvalue weighted by Crippen LogP contribution is 2.15. The second kappa shape index (κ2) is 4.69. The number of carboxylic acids is 1. The Labute approximate surface area is 97.7 Å². The number of aromatic carboxylic acids is 1. The van der Waals surface area contributed by atoms with Crippen molar-refractivity contribution < 1.29 is 19.1 Å². The minimum atomic E-state index is -0.979. The van der Waals surface area contributed by atoms with E-state index in [0.29, 0.717) is 17.2 Å². The molecule has 0 bridgehead atoms. The minimum Gasteiger partial charge on any atom is -0.487 e. The molecule has 88 valence electrons. The number of aromatic nitrogens is 1. The highest BCUT2D eigenvalue weighted by molar-refractivity contribution is 5.87. The summed E-state index contributed by atoms with van der Waals surface area (Å²) in [6.45, 7) is 2.05. The van der Waals surface area contributed by atoms with Crippen LogP contribution in [0.25, 0.3) is 0 Å². The third-order valence-electron chi connectivity index (χ3n) is 2.30. The van der Waals surface area contributed by atoms with Crippen LogP contribution in [-0.2, 0) is 6.61 Å². The Bertz CT molecular complexity index is 533. The average molecular weight is 233 g/mol. The summed E-state index contributed by atoms with van der Waals surface area (Å²) in [4.78, 5) is 14.7. The number of hydrogen-bond donors (Lipinski definition) is 1. The van der Waals surface area contributed by atoms with Gasteiger partial charge in [0.05, 0.1) is 5.56 Å². The molecule has 0 aliphatic rings. The van der Waals surface area contributed by atoms with Gasteiger partial charge in [-0.15, -0.1) is 0 Å². The Hall–Kier alpha value is -2.30. The first-order valence-electron chi connectivity index (χ1n) is 5.02. The van der Waals surface area contributed by atoms with Crippen LogP contribution < -0.4 is 4.74 Å². The van der Waals surface area contributed by atoms with Gasteiger partial charge in [0.2, 0.25) is 0 Å². The number of carboxylic acid groups (broad SMARTS) is 1. The maximum Gasteiger partial charge on any atom is 0.335 e. The summed E-state index contributed by atoms with van der Waals surface area (Å²) in [5, 5.41) is 8.82. The number of rotatable bonds is 4. The molecule has 0 saturated heterocycles. The van der Waals surface area contributed by atoms with Gasteiger partial charge in [0, 0.05) is 0 Å². The number of hydrogen-bond acceptors (Lipinski definition) is 4. The quantitative estimate of drug-likeness (QED) is 0.876. The lowest BCUT2D eigenvalue weighted by Crippen LogP contribution is -2.00. The van der Waals surface area contributed by atoms with Crippen molar-refractivity contribution in [3.05, 3.63) is 47.7 Å². The van der Waals surface area contributed by atoms with Gasteiger partial charge in [-0.1, -0.05) is 6.07 Å². The molecule has 0 amide bonds. The largest absolute Gasteiger partial charge is 0.487 e. The Balaban J connectivity index is 2.07. The van der Waals surface area contributed by atoms with E-state index in [4.69, 9.17) is 14.3 Å². The highest BCUT2D eigenvalue weighted by atomic mass is 16.5. The van der Waals surface area contributed by atoms with Gasteiger partial charge < -0.3 is 14.3 Å². The van der Waals surface area contributed by atoms with Crippen LogP contribution >= 0.6 is 0 Å². The molecular weight excluding hydrogens is 222 g/mol. The number of carbonyl (C=O) groups is 1. The molecule has 2 aromatic rings. The summed E-state index contributed by atoms with van der Waals surface area (Å²) in [6, 6.07) is 6.31. The molecule has 5 heteroatoms. The van der Waals surface area contributed by atoms with E-state index in [2.05, 4.69) is 4.98 Å². The molecular formula is C12H11NO4. The minimum absolute atomic E-state index is 0.194. The van der Waals surface area contributed by atoms with Crippen LogP contribution in [0.4, 0.5) is 0 Å². The standard InChI is InChI=1S/C12H11NO4/c1-8-11(13-7-17-8)6-16-10-4-2-3-9(5-10)12(14)15/h2-5,7H,6H2,1H3,(H,14,15). The average Bonchev–Trinajstić information content (AvgIpc) is 2.72. The third kappa shape index (κ3) is 2.63. The molecule has 5 nitrogen and oxygen atoms in total. The first-order chi connectivity index (χ1) is 8.16. The lowest BCUT2D eigenvalue weighted by molar-refractivity contribution is 0.0696. The molecule has 0 aliphatic carbocycles. The van der Waals surface area contributed by atoms with E-state index in [-0.39, 0.29) is 12.2 Å². The van der Waals surface area contributed by atoms with Crippen molar-refractivity contribution in [3.8, 4) is 5.75 Å². The monoisotopic (exact) mass is 233 g/mol. The molecule has 0 spiro atoms. The molecule has 0 aliphatic heterocycles. The number of aryl methyl sites for hydroxylation is 1. The van der Waals surface area contributed by atoms with Crippen molar-refractivity contribution in [2.45, 2.75) is 13.5 Å². The summed E-state index contributed by atoms with van der Waals surface area (Å²) in [7, 11) is 0. The SMILES string of the molecule is Cc1ocnc1COc1cccc(C(=O)O)c1. The van der Waals surface area contributed by atoms with Crippen LogP contribution in [0.15, 0.2) is 35.1 Å². The second-order valence-electron chi connectivity index (χ2n) is 3.48. The van der Waals surface area contributed by atoms with Crippen LogP contribution in [-0.4, -0.2) is 16.1 Å². The van der Waals surface area contributed by atoms with Gasteiger partial charge >= 0.3 is 5.97 Å². The topological polar surface area (TPSA) is 72.6 Å². The van der Waals surface area contributed by atoms with Crippen molar-refractivity contribution in [3.63, 3.8) is 0 Å². The van der Waals surface area contributed by atoms with Gasteiger partial charge in [-0.05, 0) is 25.1 Å². The van der Waals surface area contributed by atoms with E-state index in [9.17, 15) is 4.79 Å². The summed E-state index contributed by atoms with van der Waals surface area (Å²) >= 11 is 0. The van der Waals surface area contributed by atoms with Crippen molar-refractivity contribution in [1.82, 2.24) is 4.98 Å². The van der Waals surface area contributed by atoms with Gasteiger partial charge in [-0.2, -0.15) is 0 Å². The smallest absolute Gasteiger partial charge is 0.335 e. The molecule has 0 fully saturated rings. The zero-order valence-corrected chi connectivity index (χ0v) is 9.21. The number of nitrogens with zero attached hydrogens (tertiary/aromatic N) is 1. The molecule has 1 heterocycles. The fraction of sp³-hybridized carbons (Fsp3) is 0.167. The first kappa shape index (κ1) is 11.2. The normalized spacial score (nSPS) is 10.2. The van der Waals surface area contributed by atoms with Gasteiger partial charge in [-0.3, -0.25) is 0 Å². The van der Waals surface area contributed by atoms with E-state index < -0.39 is 5.97 Å². The van der Waals surface area contributed by atoms with E-state index in [0.717, 1.165) is 0 Å². The summed E-state index contributed by atoms with van der Waals surface area (Å²) in [5.74, 6) is 0.208. The van der Waals surface area contributed by atoms with Crippen molar-refractivity contribution in [2.75, 3.05) is 0 Å². The van der Waals surface area contributed by atoms with E-state index in [1.807, 2.05) is 0 Å². The lowest BCUT2D eigenvalue weighted by atomic mass is 10.2. The van der Waals surface area contributed by atoms with Gasteiger partial charge in [0.25, 0.3) is 0 Å². The maximum atomic E-state index is 10.8. The predicted octanol–water partition coefficient (Wildman–Crippen LogP) is 2.26. The highest BCUT2D eigenvalue weighted by Gasteiger charge is 2.06. The van der Waals surface area contributed by atoms with Crippen LogP contribution in [0.2, 0.25) is 0 Å². The molecule has 17 heavy (non-hydrogen) atoms. The van der Waals surface area contributed by atoms with Crippen LogP contribution in [0, 0.1) is 6.92 Å². The Morgan fingerprint density at radius 1 is 1.53 bits per heavy atom. The van der Waals surface area contributed by atoms with Crippen LogP contribution in [0.3, 0.4) is 0 Å². The molecule has 2 rings (SSSR count).